The van der Waals surface area contributed by atoms with Gasteiger partial charge in [0.15, 0.2) is 11.5 Å². The molecular formula is C11H13NO4. The highest BCUT2D eigenvalue weighted by molar-refractivity contribution is 5.87. The van der Waals surface area contributed by atoms with Crippen LogP contribution in [0.4, 0.5) is 10.5 Å². The maximum atomic E-state index is 11.5. The van der Waals surface area contributed by atoms with Gasteiger partial charge >= 0.3 is 6.09 Å². The van der Waals surface area contributed by atoms with Crippen LogP contribution in [-0.4, -0.2) is 26.5 Å². The zero-order valence-electron chi connectivity index (χ0n) is 9.23. The SMILES string of the molecule is CCOC(=O)N(C)c1ccc2c(c1)OCO2. The molecule has 0 unspecified atom stereocenters. The van der Waals surface area contributed by atoms with Gasteiger partial charge in [-0.05, 0) is 19.1 Å². The second-order valence-corrected chi connectivity index (χ2v) is 3.30. The first-order valence-electron chi connectivity index (χ1n) is 5.02. The van der Waals surface area contributed by atoms with Crippen LogP contribution in [0.25, 0.3) is 0 Å². The molecule has 1 aromatic carbocycles. The lowest BCUT2D eigenvalue weighted by Crippen LogP contribution is -2.26. The third-order valence-electron chi connectivity index (χ3n) is 2.29. The minimum atomic E-state index is -0.388. The lowest BCUT2D eigenvalue weighted by atomic mass is 10.2. The number of benzene rings is 1. The lowest BCUT2D eigenvalue weighted by molar-refractivity contribution is 0.161. The molecule has 16 heavy (non-hydrogen) atoms. The Hall–Kier alpha value is -1.91. The molecule has 0 aliphatic carbocycles. The molecule has 0 spiro atoms. The summed E-state index contributed by atoms with van der Waals surface area (Å²) in [6.45, 7) is 2.35. The number of hydrogen-bond acceptors (Lipinski definition) is 4. The van der Waals surface area contributed by atoms with Crippen molar-refractivity contribution in [1.29, 1.82) is 0 Å². The van der Waals surface area contributed by atoms with Crippen LogP contribution in [0.1, 0.15) is 6.92 Å². The molecule has 0 bridgehead atoms. The third-order valence-corrected chi connectivity index (χ3v) is 2.29. The Morgan fingerprint density at radius 2 is 2.19 bits per heavy atom. The van der Waals surface area contributed by atoms with Crippen molar-refractivity contribution in [1.82, 2.24) is 0 Å². The van der Waals surface area contributed by atoms with Gasteiger partial charge in [-0.15, -0.1) is 0 Å². The number of hydrogen-bond donors (Lipinski definition) is 0. The number of ether oxygens (including phenoxy) is 3. The molecule has 1 heterocycles. The van der Waals surface area contributed by atoms with Crippen molar-refractivity contribution in [2.24, 2.45) is 0 Å². The fraction of sp³-hybridized carbons (Fsp3) is 0.364. The zero-order chi connectivity index (χ0) is 11.5. The molecule has 0 aromatic heterocycles. The van der Waals surface area contributed by atoms with Gasteiger partial charge in [0.25, 0.3) is 0 Å². The van der Waals surface area contributed by atoms with Gasteiger partial charge in [0.05, 0.1) is 12.3 Å². The molecular weight excluding hydrogens is 210 g/mol. The standard InChI is InChI=1S/C11H13NO4/c1-3-14-11(13)12(2)8-4-5-9-10(6-8)16-7-15-9/h4-6H,3,7H2,1-2H3. The molecule has 1 amide bonds. The highest BCUT2D eigenvalue weighted by Gasteiger charge is 2.17. The number of anilines is 1. The number of fused-ring (bicyclic) bond motifs is 1. The minimum Gasteiger partial charge on any atom is -0.454 e. The normalized spacial score (nSPS) is 12.4. The van der Waals surface area contributed by atoms with Gasteiger partial charge in [-0.3, -0.25) is 4.90 Å². The van der Waals surface area contributed by atoms with Crippen LogP contribution in [0.2, 0.25) is 0 Å². The van der Waals surface area contributed by atoms with Gasteiger partial charge < -0.3 is 14.2 Å². The molecule has 0 saturated heterocycles. The Morgan fingerprint density at radius 1 is 1.44 bits per heavy atom. The number of rotatable bonds is 2. The summed E-state index contributed by atoms with van der Waals surface area (Å²) in [6, 6.07) is 5.30. The maximum absolute atomic E-state index is 11.5. The van der Waals surface area contributed by atoms with Gasteiger partial charge in [0.2, 0.25) is 6.79 Å². The summed E-state index contributed by atoms with van der Waals surface area (Å²) >= 11 is 0. The van der Waals surface area contributed by atoms with E-state index >= 15 is 0 Å². The molecule has 5 heteroatoms. The second-order valence-electron chi connectivity index (χ2n) is 3.30. The van der Waals surface area contributed by atoms with E-state index in [1.165, 1.54) is 4.90 Å². The molecule has 86 valence electrons. The molecule has 1 aliphatic rings. The Balaban J connectivity index is 2.18. The fourth-order valence-electron chi connectivity index (χ4n) is 1.42. The predicted molar refractivity (Wildman–Crippen MR) is 58.0 cm³/mol. The molecule has 0 fully saturated rings. The average molecular weight is 223 g/mol. The fourth-order valence-corrected chi connectivity index (χ4v) is 1.42. The minimum absolute atomic E-state index is 0.224. The van der Waals surface area contributed by atoms with Gasteiger partial charge in [-0.1, -0.05) is 0 Å². The third kappa shape index (κ3) is 1.88. The van der Waals surface area contributed by atoms with Gasteiger partial charge in [-0.25, -0.2) is 4.79 Å². The first-order valence-corrected chi connectivity index (χ1v) is 5.02. The Kier molecular flexibility index (Phi) is 2.85. The molecule has 1 aromatic rings. The first-order chi connectivity index (χ1) is 7.72. The van der Waals surface area contributed by atoms with E-state index in [9.17, 15) is 4.79 Å². The van der Waals surface area contributed by atoms with E-state index in [1.54, 1.807) is 32.2 Å². The van der Waals surface area contributed by atoms with Crippen LogP contribution in [0, 0.1) is 0 Å². The van der Waals surface area contributed by atoms with Gasteiger partial charge in [0.1, 0.15) is 0 Å². The summed E-state index contributed by atoms with van der Waals surface area (Å²) in [6.07, 6.45) is -0.388. The monoisotopic (exact) mass is 223 g/mol. The van der Waals surface area contributed by atoms with Crippen LogP contribution in [0.15, 0.2) is 18.2 Å². The highest BCUT2D eigenvalue weighted by atomic mass is 16.7. The molecule has 1 aliphatic heterocycles. The van der Waals surface area contributed by atoms with E-state index in [1.807, 2.05) is 0 Å². The second kappa shape index (κ2) is 4.30. The zero-order valence-corrected chi connectivity index (χ0v) is 9.23. The Bertz CT molecular complexity index is 405. The molecule has 0 saturated carbocycles. The van der Waals surface area contributed by atoms with Crippen molar-refractivity contribution in [3.05, 3.63) is 18.2 Å². The first kappa shape index (κ1) is 10.6. The van der Waals surface area contributed by atoms with Crippen molar-refractivity contribution >= 4 is 11.8 Å². The Labute approximate surface area is 93.5 Å². The van der Waals surface area contributed by atoms with Gasteiger partial charge in [0, 0.05) is 13.1 Å². The van der Waals surface area contributed by atoms with Crippen molar-refractivity contribution in [3.8, 4) is 11.5 Å². The number of carbonyl (C=O) groups excluding carboxylic acids is 1. The van der Waals surface area contributed by atoms with Crippen LogP contribution in [0.5, 0.6) is 11.5 Å². The Morgan fingerprint density at radius 3 is 2.94 bits per heavy atom. The molecule has 5 nitrogen and oxygen atoms in total. The average Bonchev–Trinajstić information content (AvgIpc) is 2.75. The van der Waals surface area contributed by atoms with Crippen LogP contribution in [-0.2, 0) is 4.74 Å². The summed E-state index contributed by atoms with van der Waals surface area (Å²) in [7, 11) is 1.65. The molecule has 0 radical (unpaired) electrons. The quantitative estimate of drug-likeness (QED) is 0.769. The predicted octanol–water partition coefficient (Wildman–Crippen LogP) is 2.01. The summed E-state index contributed by atoms with van der Waals surface area (Å²) in [5.74, 6) is 1.34. The van der Waals surface area contributed by atoms with E-state index in [4.69, 9.17) is 14.2 Å². The van der Waals surface area contributed by atoms with Crippen molar-refractivity contribution in [2.45, 2.75) is 6.92 Å². The van der Waals surface area contributed by atoms with E-state index in [-0.39, 0.29) is 12.9 Å². The van der Waals surface area contributed by atoms with E-state index in [0.717, 1.165) is 0 Å². The van der Waals surface area contributed by atoms with E-state index < -0.39 is 0 Å². The lowest BCUT2D eigenvalue weighted by Gasteiger charge is -2.16. The number of carbonyl (C=O) groups is 1. The largest absolute Gasteiger partial charge is 0.454 e. The molecule has 0 atom stereocenters. The summed E-state index contributed by atoms with van der Waals surface area (Å²) in [4.78, 5) is 12.9. The number of nitrogens with zero attached hydrogens (tertiary/aromatic N) is 1. The highest BCUT2D eigenvalue weighted by Crippen LogP contribution is 2.35. The van der Waals surface area contributed by atoms with Gasteiger partial charge in [-0.2, -0.15) is 0 Å². The summed E-state index contributed by atoms with van der Waals surface area (Å²) < 4.78 is 15.3. The molecule has 0 N–H and O–H groups in total. The topological polar surface area (TPSA) is 48.0 Å². The molecule has 2 rings (SSSR count). The van der Waals surface area contributed by atoms with Crippen LogP contribution >= 0.6 is 0 Å². The van der Waals surface area contributed by atoms with Crippen molar-refractivity contribution in [2.75, 3.05) is 25.3 Å². The van der Waals surface area contributed by atoms with Crippen LogP contribution in [0.3, 0.4) is 0 Å². The maximum Gasteiger partial charge on any atom is 0.413 e. The van der Waals surface area contributed by atoms with E-state index in [0.29, 0.717) is 23.8 Å². The van der Waals surface area contributed by atoms with Crippen molar-refractivity contribution < 1.29 is 19.0 Å². The summed E-state index contributed by atoms with van der Waals surface area (Å²) in [5.41, 5.74) is 0.711. The number of amides is 1. The van der Waals surface area contributed by atoms with Crippen molar-refractivity contribution in [3.63, 3.8) is 0 Å². The summed E-state index contributed by atoms with van der Waals surface area (Å²) in [5, 5.41) is 0. The van der Waals surface area contributed by atoms with Crippen LogP contribution < -0.4 is 14.4 Å². The van der Waals surface area contributed by atoms with E-state index in [2.05, 4.69) is 0 Å². The smallest absolute Gasteiger partial charge is 0.413 e.